The second-order valence-electron chi connectivity index (χ2n) is 5.34. The number of sulfonamides is 1. The third-order valence-electron chi connectivity index (χ3n) is 2.91. The summed E-state index contributed by atoms with van der Waals surface area (Å²) in [5.41, 5.74) is -6.68. The van der Waals surface area contributed by atoms with Crippen molar-refractivity contribution in [2.24, 2.45) is 0 Å². The van der Waals surface area contributed by atoms with Gasteiger partial charge in [-0.15, -0.1) is 0 Å². The lowest BCUT2D eigenvalue weighted by Gasteiger charge is -2.23. The molecule has 1 aromatic carbocycles. The average Bonchev–Trinajstić information content (AvgIpc) is 2.35. The largest absolute Gasteiger partial charge is 0.534 e. The van der Waals surface area contributed by atoms with Gasteiger partial charge in [0.25, 0.3) is 0 Å². The number of carbonyl (C=O) groups excluding carboxylic acids is 1. The van der Waals surface area contributed by atoms with Gasteiger partial charge in [-0.2, -0.15) is 21.6 Å². The molecule has 0 aromatic heterocycles. The monoisotopic (exact) mass is 389 g/mol. The zero-order valence-corrected chi connectivity index (χ0v) is 14.3. The first-order chi connectivity index (χ1) is 10.6. The van der Waals surface area contributed by atoms with Gasteiger partial charge in [0.05, 0.1) is 11.7 Å². The summed E-state index contributed by atoms with van der Waals surface area (Å²) >= 11 is 0. The zero-order chi connectivity index (χ0) is 19.0. The van der Waals surface area contributed by atoms with Crippen molar-refractivity contribution in [1.82, 2.24) is 4.72 Å². The molecule has 0 bridgehead atoms. The highest BCUT2D eigenvalue weighted by atomic mass is 32.2. The van der Waals surface area contributed by atoms with E-state index in [0.29, 0.717) is 0 Å². The van der Waals surface area contributed by atoms with Crippen LogP contribution >= 0.6 is 0 Å². The van der Waals surface area contributed by atoms with Crippen LogP contribution in [0.3, 0.4) is 0 Å². The Hall–Kier alpha value is -1.82. The molecule has 7 nitrogen and oxygen atoms in total. The Morgan fingerprint density at radius 2 is 1.50 bits per heavy atom. The molecule has 0 aliphatic rings. The predicted octanol–water partition coefficient (Wildman–Crippen LogP) is 1.27. The SMILES string of the molecule is CC(C)(C(=O)NS(C)(=O)=O)c1ccc(OS(=O)(=O)C(F)(F)F)cc1. The van der Waals surface area contributed by atoms with Crippen molar-refractivity contribution in [2.75, 3.05) is 6.26 Å². The van der Waals surface area contributed by atoms with Crippen LogP contribution in [0.25, 0.3) is 0 Å². The Labute approximate surface area is 137 Å². The summed E-state index contributed by atoms with van der Waals surface area (Å²) in [6.45, 7) is 2.77. The van der Waals surface area contributed by atoms with E-state index in [1.807, 2.05) is 0 Å². The Morgan fingerprint density at radius 3 is 1.88 bits per heavy atom. The van der Waals surface area contributed by atoms with Crippen molar-refractivity contribution < 1.29 is 39.0 Å². The van der Waals surface area contributed by atoms with Crippen molar-refractivity contribution in [1.29, 1.82) is 0 Å². The molecular weight excluding hydrogens is 375 g/mol. The van der Waals surface area contributed by atoms with Gasteiger partial charge in [0.1, 0.15) is 5.75 Å². The van der Waals surface area contributed by atoms with Crippen molar-refractivity contribution >= 4 is 26.0 Å². The first kappa shape index (κ1) is 20.2. The second-order valence-corrected chi connectivity index (χ2v) is 8.62. The molecule has 0 saturated carbocycles. The third kappa shape index (κ3) is 4.84. The Balaban J connectivity index is 3.05. The maximum Gasteiger partial charge on any atom is 0.534 e. The van der Waals surface area contributed by atoms with E-state index < -0.39 is 42.7 Å². The molecule has 0 unspecified atom stereocenters. The van der Waals surface area contributed by atoms with Gasteiger partial charge in [0.2, 0.25) is 15.9 Å². The van der Waals surface area contributed by atoms with Crippen LogP contribution in [0.2, 0.25) is 0 Å². The zero-order valence-electron chi connectivity index (χ0n) is 12.7. The number of amides is 1. The Kier molecular flexibility index (Phi) is 5.26. The molecule has 0 aliphatic heterocycles. The standard InChI is InChI=1S/C12H14F3NO6S2/c1-11(2,10(17)16-23(3,18)19)8-4-6-9(7-5-8)22-24(20,21)12(13,14)15/h4-7H,1-3H3,(H,16,17). The molecule has 0 saturated heterocycles. The van der Waals surface area contributed by atoms with E-state index in [1.165, 1.54) is 13.8 Å². The van der Waals surface area contributed by atoms with Crippen LogP contribution < -0.4 is 8.91 Å². The van der Waals surface area contributed by atoms with Crippen LogP contribution in [0.5, 0.6) is 5.75 Å². The molecular formula is C12H14F3NO6S2. The average molecular weight is 389 g/mol. The van der Waals surface area contributed by atoms with Gasteiger partial charge in [-0.25, -0.2) is 8.42 Å². The van der Waals surface area contributed by atoms with E-state index >= 15 is 0 Å². The normalized spacial score (nSPS) is 13.4. The molecule has 24 heavy (non-hydrogen) atoms. The van der Waals surface area contributed by atoms with Crippen molar-refractivity contribution in [3.8, 4) is 5.75 Å². The first-order valence-electron chi connectivity index (χ1n) is 6.20. The minimum absolute atomic E-state index is 0.236. The Bertz CT molecular complexity index is 827. The van der Waals surface area contributed by atoms with E-state index in [-0.39, 0.29) is 5.56 Å². The van der Waals surface area contributed by atoms with E-state index in [4.69, 9.17) is 0 Å². The van der Waals surface area contributed by atoms with Gasteiger partial charge in [-0.05, 0) is 31.5 Å². The number of hydrogen-bond acceptors (Lipinski definition) is 6. The number of halogens is 3. The van der Waals surface area contributed by atoms with Crippen LogP contribution in [0, 0.1) is 0 Å². The fourth-order valence-electron chi connectivity index (χ4n) is 1.53. The van der Waals surface area contributed by atoms with Crippen LogP contribution in [0.1, 0.15) is 19.4 Å². The topological polar surface area (TPSA) is 107 Å². The highest BCUT2D eigenvalue weighted by Gasteiger charge is 2.48. The second kappa shape index (κ2) is 6.24. The molecule has 1 N–H and O–H groups in total. The number of rotatable bonds is 5. The number of nitrogens with one attached hydrogen (secondary N) is 1. The van der Waals surface area contributed by atoms with E-state index in [0.717, 1.165) is 30.5 Å². The summed E-state index contributed by atoms with van der Waals surface area (Å²) in [4.78, 5) is 12.0. The molecule has 0 heterocycles. The number of alkyl halides is 3. The molecule has 12 heteroatoms. The van der Waals surface area contributed by atoms with Crippen LogP contribution in [-0.2, 0) is 30.4 Å². The van der Waals surface area contributed by atoms with Gasteiger partial charge in [0, 0.05) is 0 Å². The van der Waals surface area contributed by atoms with Gasteiger partial charge >= 0.3 is 15.6 Å². The van der Waals surface area contributed by atoms with Crippen molar-refractivity contribution in [3.05, 3.63) is 29.8 Å². The van der Waals surface area contributed by atoms with Gasteiger partial charge < -0.3 is 4.18 Å². The molecule has 0 spiro atoms. The van der Waals surface area contributed by atoms with Gasteiger partial charge in [-0.3, -0.25) is 9.52 Å². The molecule has 0 radical (unpaired) electrons. The lowest BCUT2D eigenvalue weighted by Crippen LogP contribution is -2.42. The van der Waals surface area contributed by atoms with Gasteiger partial charge in [0.15, 0.2) is 0 Å². The molecule has 0 aliphatic carbocycles. The molecule has 0 atom stereocenters. The lowest BCUT2D eigenvalue weighted by atomic mass is 9.84. The molecule has 1 rings (SSSR count). The summed E-state index contributed by atoms with van der Waals surface area (Å²) in [6, 6.07) is 4.16. The minimum Gasteiger partial charge on any atom is -0.376 e. The first-order valence-corrected chi connectivity index (χ1v) is 9.50. The van der Waals surface area contributed by atoms with Gasteiger partial charge in [-0.1, -0.05) is 12.1 Å². The highest BCUT2D eigenvalue weighted by molar-refractivity contribution is 7.89. The van der Waals surface area contributed by atoms with Crippen LogP contribution in [-0.4, -0.2) is 34.5 Å². The highest BCUT2D eigenvalue weighted by Crippen LogP contribution is 2.29. The van der Waals surface area contributed by atoms with Crippen LogP contribution in [0.15, 0.2) is 24.3 Å². The molecule has 1 amide bonds. The lowest BCUT2D eigenvalue weighted by molar-refractivity contribution is -0.123. The number of benzene rings is 1. The van der Waals surface area contributed by atoms with Crippen molar-refractivity contribution in [2.45, 2.75) is 24.8 Å². The summed E-state index contributed by atoms with van der Waals surface area (Å²) < 4.78 is 86.4. The number of hydrogen-bond donors (Lipinski definition) is 1. The number of carbonyl (C=O) groups is 1. The van der Waals surface area contributed by atoms with E-state index in [9.17, 15) is 34.8 Å². The molecule has 1 aromatic rings. The maximum atomic E-state index is 12.2. The smallest absolute Gasteiger partial charge is 0.376 e. The summed E-state index contributed by atoms with van der Waals surface area (Å²) in [7, 11) is -9.59. The predicted molar refractivity (Wildman–Crippen MR) is 78.1 cm³/mol. The Morgan fingerprint density at radius 1 is 1.04 bits per heavy atom. The van der Waals surface area contributed by atoms with E-state index in [1.54, 1.807) is 4.72 Å². The fourth-order valence-corrected chi connectivity index (χ4v) is 2.58. The molecule has 136 valence electrons. The summed E-state index contributed by atoms with van der Waals surface area (Å²) in [5, 5.41) is 0. The maximum absolute atomic E-state index is 12.2. The minimum atomic E-state index is -5.80. The van der Waals surface area contributed by atoms with Crippen LogP contribution in [0.4, 0.5) is 13.2 Å². The summed E-state index contributed by atoms with van der Waals surface area (Å²) in [6.07, 6.45) is 0.792. The third-order valence-corrected chi connectivity index (χ3v) is 4.45. The fraction of sp³-hybridized carbons (Fsp3) is 0.417. The van der Waals surface area contributed by atoms with E-state index in [2.05, 4.69) is 4.18 Å². The molecule has 0 fully saturated rings. The van der Waals surface area contributed by atoms with Crippen molar-refractivity contribution in [3.63, 3.8) is 0 Å². The quantitative estimate of drug-likeness (QED) is 0.600. The summed E-state index contributed by atoms with van der Waals surface area (Å²) in [5.74, 6) is -1.46.